The molecule has 0 amide bonds. The van der Waals surface area contributed by atoms with Crippen LogP contribution in [0.1, 0.15) is 20.3 Å². The lowest BCUT2D eigenvalue weighted by molar-refractivity contribution is -0.181. The van der Waals surface area contributed by atoms with Gasteiger partial charge in [-0.1, -0.05) is 6.92 Å². The van der Waals surface area contributed by atoms with Crippen LogP contribution in [-0.4, -0.2) is 92.3 Å². The zero-order valence-electron chi connectivity index (χ0n) is 14.9. The van der Waals surface area contributed by atoms with Crippen LogP contribution >= 0.6 is 0 Å². The van der Waals surface area contributed by atoms with Gasteiger partial charge in [-0.05, 0) is 32.4 Å². The summed E-state index contributed by atoms with van der Waals surface area (Å²) in [6.07, 6.45) is -2.97. The maximum Gasteiger partial charge on any atom is 0.403 e. The summed E-state index contributed by atoms with van der Waals surface area (Å²) in [4.78, 5) is 10.3. The minimum absolute atomic E-state index is 0.411. The van der Waals surface area contributed by atoms with Gasteiger partial charge in [0.1, 0.15) is 6.04 Å². The number of aliphatic imine (C=N–C) groups is 1. The summed E-state index contributed by atoms with van der Waals surface area (Å²) in [6.45, 7) is 9.61. The molecule has 0 aromatic carbocycles. The van der Waals surface area contributed by atoms with Crippen LogP contribution in [0.2, 0.25) is 0 Å². The number of guanidine groups is 1. The topological polar surface area (TPSA) is 34.1 Å². The largest absolute Gasteiger partial charge is 0.403 e. The summed E-state index contributed by atoms with van der Waals surface area (Å²) in [7, 11) is 1.74. The molecule has 0 bridgehead atoms. The third-order valence-corrected chi connectivity index (χ3v) is 5.21. The number of hydrogen-bond acceptors (Lipinski definition) is 3. The van der Waals surface area contributed by atoms with Gasteiger partial charge in [-0.3, -0.25) is 9.89 Å². The van der Waals surface area contributed by atoms with E-state index in [1.54, 1.807) is 7.05 Å². The highest BCUT2D eigenvalue weighted by molar-refractivity contribution is 5.80. The molecule has 0 aliphatic carbocycles. The third-order valence-electron chi connectivity index (χ3n) is 5.21. The van der Waals surface area contributed by atoms with E-state index in [9.17, 15) is 13.2 Å². The normalized spacial score (nSPS) is 26.0. The van der Waals surface area contributed by atoms with Gasteiger partial charge in [0.2, 0.25) is 0 Å². The maximum absolute atomic E-state index is 12.8. The molecule has 2 heterocycles. The average molecular weight is 349 g/mol. The zero-order valence-corrected chi connectivity index (χ0v) is 14.9. The van der Waals surface area contributed by atoms with Gasteiger partial charge in [0, 0.05) is 46.3 Å². The number of halogens is 3. The molecule has 2 fully saturated rings. The number of likely N-dealkylation sites (tertiary alicyclic amines) is 1. The molecule has 24 heavy (non-hydrogen) atoms. The molecule has 0 radical (unpaired) electrons. The highest BCUT2D eigenvalue weighted by Crippen LogP contribution is 2.25. The molecule has 2 unspecified atom stereocenters. The van der Waals surface area contributed by atoms with Crippen molar-refractivity contribution in [2.75, 3.05) is 59.4 Å². The molecule has 8 heteroatoms. The van der Waals surface area contributed by atoms with Gasteiger partial charge >= 0.3 is 6.18 Å². The van der Waals surface area contributed by atoms with Crippen molar-refractivity contribution < 1.29 is 13.2 Å². The molecule has 2 saturated heterocycles. The Morgan fingerprint density at radius 2 is 1.88 bits per heavy atom. The number of nitrogens with zero attached hydrogens (tertiary/aromatic N) is 4. The number of hydrogen-bond donors (Lipinski definition) is 1. The van der Waals surface area contributed by atoms with Crippen molar-refractivity contribution in [3.8, 4) is 0 Å². The summed E-state index contributed by atoms with van der Waals surface area (Å²) in [5, 5.41) is 3.41. The lowest BCUT2D eigenvalue weighted by Crippen LogP contribution is -2.57. The van der Waals surface area contributed by atoms with Crippen molar-refractivity contribution in [3.05, 3.63) is 0 Å². The summed E-state index contributed by atoms with van der Waals surface area (Å²) >= 11 is 0. The van der Waals surface area contributed by atoms with Gasteiger partial charge in [0.05, 0.1) is 0 Å². The van der Waals surface area contributed by atoms with E-state index in [0.29, 0.717) is 32.1 Å². The predicted octanol–water partition coefficient (Wildman–Crippen LogP) is 1.47. The zero-order chi connectivity index (χ0) is 17.7. The predicted molar refractivity (Wildman–Crippen MR) is 90.2 cm³/mol. The van der Waals surface area contributed by atoms with E-state index in [2.05, 4.69) is 27.0 Å². The summed E-state index contributed by atoms with van der Waals surface area (Å²) < 4.78 is 38.4. The van der Waals surface area contributed by atoms with Gasteiger partial charge in [-0.25, -0.2) is 0 Å². The minimum Gasteiger partial charge on any atom is -0.356 e. The molecule has 1 N–H and O–H groups in total. The Kier molecular flexibility index (Phi) is 6.74. The van der Waals surface area contributed by atoms with Crippen molar-refractivity contribution in [1.82, 2.24) is 20.0 Å². The molecule has 0 aromatic rings. The molecule has 2 rings (SSSR count). The van der Waals surface area contributed by atoms with Gasteiger partial charge < -0.3 is 15.1 Å². The second-order valence-corrected chi connectivity index (χ2v) is 6.72. The van der Waals surface area contributed by atoms with Crippen molar-refractivity contribution in [3.63, 3.8) is 0 Å². The quantitative estimate of drug-likeness (QED) is 0.616. The van der Waals surface area contributed by atoms with Crippen molar-refractivity contribution >= 4 is 5.96 Å². The molecule has 0 saturated carbocycles. The van der Waals surface area contributed by atoms with Crippen LogP contribution in [-0.2, 0) is 0 Å². The average Bonchev–Trinajstić information content (AvgIpc) is 3.02. The maximum atomic E-state index is 12.8. The van der Waals surface area contributed by atoms with E-state index in [0.717, 1.165) is 32.1 Å². The Hall–Kier alpha value is -1.02. The van der Waals surface area contributed by atoms with E-state index in [1.807, 2.05) is 0 Å². The van der Waals surface area contributed by atoms with E-state index < -0.39 is 12.2 Å². The van der Waals surface area contributed by atoms with Gasteiger partial charge in [-0.2, -0.15) is 13.2 Å². The van der Waals surface area contributed by atoms with Crippen molar-refractivity contribution in [1.29, 1.82) is 0 Å². The minimum atomic E-state index is -4.16. The van der Waals surface area contributed by atoms with Crippen LogP contribution in [0.4, 0.5) is 13.2 Å². The van der Waals surface area contributed by atoms with Gasteiger partial charge in [-0.15, -0.1) is 0 Å². The van der Waals surface area contributed by atoms with E-state index in [1.165, 1.54) is 18.2 Å². The van der Waals surface area contributed by atoms with Crippen molar-refractivity contribution in [2.24, 2.45) is 10.9 Å². The monoisotopic (exact) mass is 349 g/mol. The van der Waals surface area contributed by atoms with Crippen LogP contribution in [0.25, 0.3) is 0 Å². The number of piperazine rings is 1. The fourth-order valence-corrected chi connectivity index (χ4v) is 3.46. The molecular weight excluding hydrogens is 319 g/mol. The van der Waals surface area contributed by atoms with Crippen LogP contribution < -0.4 is 5.32 Å². The molecule has 140 valence electrons. The Morgan fingerprint density at radius 1 is 1.21 bits per heavy atom. The first kappa shape index (κ1) is 19.3. The lowest BCUT2D eigenvalue weighted by atomic mass is 10.1. The van der Waals surface area contributed by atoms with Gasteiger partial charge in [0.25, 0.3) is 0 Å². The number of nitrogens with one attached hydrogen (secondary N) is 1. The van der Waals surface area contributed by atoms with E-state index in [4.69, 9.17) is 0 Å². The first-order chi connectivity index (χ1) is 11.3. The Morgan fingerprint density at radius 3 is 2.38 bits per heavy atom. The van der Waals surface area contributed by atoms with E-state index in [-0.39, 0.29) is 0 Å². The van der Waals surface area contributed by atoms with Crippen LogP contribution in [0, 0.1) is 5.92 Å². The van der Waals surface area contributed by atoms with Crippen molar-refractivity contribution in [2.45, 2.75) is 32.5 Å². The van der Waals surface area contributed by atoms with E-state index >= 15 is 0 Å². The van der Waals surface area contributed by atoms with Crippen LogP contribution in [0.3, 0.4) is 0 Å². The summed E-state index contributed by atoms with van der Waals surface area (Å²) in [5.41, 5.74) is 0. The highest BCUT2D eigenvalue weighted by atomic mass is 19.4. The number of alkyl halides is 3. The summed E-state index contributed by atoms with van der Waals surface area (Å²) in [5.74, 6) is 1.43. The fraction of sp³-hybridized carbons (Fsp3) is 0.938. The van der Waals surface area contributed by atoms with Crippen LogP contribution in [0.15, 0.2) is 4.99 Å². The first-order valence-corrected chi connectivity index (χ1v) is 8.83. The molecule has 2 atom stereocenters. The standard InChI is InChI=1S/C16H30F3N5/c1-4-22-6-5-14(12-22)11-21-15(20-3)24-9-7-23(8-10-24)13(2)16(17,18)19/h13-14H,4-12H2,1-3H3,(H,20,21). The second-order valence-electron chi connectivity index (χ2n) is 6.72. The lowest BCUT2D eigenvalue weighted by Gasteiger charge is -2.39. The molecule has 5 nitrogen and oxygen atoms in total. The van der Waals surface area contributed by atoms with Crippen LogP contribution in [0.5, 0.6) is 0 Å². The molecule has 0 aromatic heterocycles. The molecule has 0 spiro atoms. The highest BCUT2D eigenvalue weighted by Gasteiger charge is 2.41. The van der Waals surface area contributed by atoms with Gasteiger partial charge in [0.15, 0.2) is 5.96 Å². The smallest absolute Gasteiger partial charge is 0.356 e. The Balaban J connectivity index is 1.77. The first-order valence-electron chi connectivity index (χ1n) is 8.83. The second kappa shape index (κ2) is 8.38. The number of rotatable bonds is 4. The SMILES string of the molecule is CCN1CCC(CNC(=NC)N2CCN(C(C)C(F)(F)F)CC2)C1. The Labute approximate surface area is 142 Å². The molecule has 2 aliphatic heterocycles. The third kappa shape index (κ3) is 4.99. The molecule has 2 aliphatic rings. The fourth-order valence-electron chi connectivity index (χ4n) is 3.46. The summed E-state index contributed by atoms with van der Waals surface area (Å²) in [6, 6.07) is -1.38. The Bertz CT molecular complexity index is 418. The molecular formula is C16H30F3N5.